The van der Waals surface area contributed by atoms with Gasteiger partial charge in [0.1, 0.15) is 0 Å². The van der Waals surface area contributed by atoms with Gasteiger partial charge in [0.2, 0.25) is 0 Å². The van der Waals surface area contributed by atoms with Crippen LogP contribution in [0.2, 0.25) is 0 Å². The van der Waals surface area contributed by atoms with Crippen molar-refractivity contribution in [2.75, 3.05) is 0 Å². The average Bonchev–Trinajstić information content (AvgIpc) is 2.68. The van der Waals surface area contributed by atoms with Crippen molar-refractivity contribution in [3.63, 3.8) is 0 Å². The lowest BCUT2D eigenvalue weighted by molar-refractivity contribution is 0.415. The van der Waals surface area contributed by atoms with Crippen LogP contribution < -0.4 is 0 Å². The molecule has 3 unspecified atom stereocenters. The molecule has 15 heavy (non-hydrogen) atoms. The Hall–Kier alpha value is -0.780. The minimum atomic E-state index is 0.434. The minimum absolute atomic E-state index is 0.434. The van der Waals surface area contributed by atoms with Crippen LogP contribution in [-0.2, 0) is 0 Å². The van der Waals surface area contributed by atoms with Crippen LogP contribution in [0.3, 0.4) is 0 Å². The van der Waals surface area contributed by atoms with Gasteiger partial charge in [-0.3, -0.25) is 0 Å². The van der Waals surface area contributed by atoms with Gasteiger partial charge in [-0.15, -0.1) is 0 Å². The highest BCUT2D eigenvalue weighted by molar-refractivity contribution is 5.37. The summed E-state index contributed by atoms with van der Waals surface area (Å²) in [5.41, 5.74) is 2.19. The predicted octanol–water partition coefficient (Wildman–Crippen LogP) is 4.11. The first kappa shape index (κ1) is 9.45. The fourth-order valence-electron chi connectivity index (χ4n) is 3.73. The van der Waals surface area contributed by atoms with Gasteiger partial charge in [0.05, 0.1) is 0 Å². The fourth-order valence-corrected chi connectivity index (χ4v) is 3.73. The Morgan fingerprint density at radius 3 is 3.07 bits per heavy atom. The smallest absolute Gasteiger partial charge is 0.0135 e. The van der Waals surface area contributed by atoms with Gasteiger partial charge >= 0.3 is 0 Å². The second-order valence-electron chi connectivity index (χ2n) is 5.92. The van der Waals surface area contributed by atoms with Crippen molar-refractivity contribution < 1.29 is 0 Å². The molecule has 0 aromatic rings. The monoisotopic (exact) mass is 200 g/mol. The maximum absolute atomic E-state index is 2.60. The molecule has 0 heteroatoms. The summed E-state index contributed by atoms with van der Waals surface area (Å²) in [6.45, 7) is 4.66. The molecule has 1 saturated carbocycles. The highest BCUT2D eigenvalue weighted by atomic mass is 14.5. The summed E-state index contributed by atoms with van der Waals surface area (Å²) in [7, 11) is 0. The third-order valence-corrected chi connectivity index (χ3v) is 4.31. The van der Waals surface area contributed by atoms with Gasteiger partial charge in [-0.05, 0) is 37.0 Å². The van der Waals surface area contributed by atoms with Crippen molar-refractivity contribution >= 4 is 0 Å². The van der Waals surface area contributed by atoms with Gasteiger partial charge < -0.3 is 0 Å². The predicted molar refractivity (Wildman–Crippen MR) is 64.5 cm³/mol. The molecule has 80 valence electrons. The molecule has 0 aromatic carbocycles. The van der Waals surface area contributed by atoms with Crippen LogP contribution in [-0.4, -0.2) is 0 Å². The first-order valence-corrected chi connectivity index (χ1v) is 6.27. The van der Waals surface area contributed by atoms with Crippen LogP contribution >= 0.6 is 0 Å². The van der Waals surface area contributed by atoms with Crippen molar-refractivity contribution in [2.24, 2.45) is 23.2 Å². The van der Waals surface area contributed by atoms with E-state index in [-0.39, 0.29) is 0 Å². The van der Waals surface area contributed by atoms with Gasteiger partial charge in [0.25, 0.3) is 0 Å². The molecule has 0 radical (unpaired) electrons. The summed E-state index contributed by atoms with van der Waals surface area (Å²) in [6, 6.07) is 0. The summed E-state index contributed by atoms with van der Waals surface area (Å²) >= 11 is 0. The molecule has 0 N–H and O–H groups in total. The number of hydrogen-bond donors (Lipinski definition) is 0. The zero-order valence-electron chi connectivity index (χ0n) is 9.74. The third kappa shape index (κ3) is 1.34. The summed E-state index contributed by atoms with van der Waals surface area (Å²) < 4.78 is 0. The lowest BCUT2D eigenvalue weighted by atomic mass is 9.74. The summed E-state index contributed by atoms with van der Waals surface area (Å²) in [5.74, 6) is 2.52. The molecule has 2 bridgehead atoms. The largest absolute Gasteiger partial charge is 0.0802 e. The highest BCUT2D eigenvalue weighted by Gasteiger charge is 2.49. The van der Waals surface area contributed by atoms with E-state index in [9.17, 15) is 0 Å². The van der Waals surface area contributed by atoms with Crippen LogP contribution in [0.1, 0.15) is 33.1 Å². The van der Waals surface area contributed by atoms with E-state index in [4.69, 9.17) is 0 Å². The van der Waals surface area contributed by atoms with Crippen molar-refractivity contribution in [2.45, 2.75) is 33.1 Å². The van der Waals surface area contributed by atoms with E-state index >= 15 is 0 Å². The van der Waals surface area contributed by atoms with Crippen molar-refractivity contribution in [3.8, 4) is 0 Å². The molecular weight excluding hydrogens is 180 g/mol. The first-order chi connectivity index (χ1) is 7.20. The zero-order chi connectivity index (χ0) is 10.5. The number of allylic oxidation sites excluding steroid dienone is 6. The van der Waals surface area contributed by atoms with Crippen LogP contribution in [0.5, 0.6) is 0 Å². The van der Waals surface area contributed by atoms with Crippen molar-refractivity contribution in [1.82, 2.24) is 0 Å². The van der Waals surface area contributed by atoms with Gasteiger partial charge in [-0.25, -0.2) is 0 Å². The van der Waals surface area contributed by atoms with E-state index in [1.807, 2.05) is 0 Å². The van der Waals surface area contributed by atoms with Gasteiger partial charge in [0.15, 0.2) is 0 Å². The molecule has 0 saturated heterocycles. The van der Waals surface area contributed by atoms with Crippen LogP contribution in [0.15, 0.2) is 36.0 Å². The molecular formula is C15H20. The van der Waals surface area contributed by atoms with E-state index < -0.39 is 0 Å². The summed E-state index contributed by atoms with van der Waals surface area (Å²) in [5, 5.41) is 0. The van der Waals surface area contributed by atoms with Gasteiger partial charge in [-0.1, -0.05) is 49.8 Å². The van der Waals surface area contributed by atoms with Crippen LogP contribution in [0.25, 0.3) is 0 Å². The standard InChI is InChI=1S/C15H20/c1-11(2)7-12-9-15-6-4-3-5-14(15)8-13(12)10-15/h3-6,9,11,13-14H,7-8,10H2,1-2H3. The Morgan fingerprint density at radius 2 is 2.27 bits per heavy atom. The summed E-state index contributed by atoms with van der Waals surface area (Å²) in [4.78, 5) is 0. The van der Waals surface area contributed by atoms with E-state index in [2.05, 4.69) is 44.2 Å². The molecule has 0 aromatic heterocycles. The Balaban J connectivity index is 1.90. The fraction of sp³-hybridized carbons (Fsp3) is 0.600. The molecule has 3 rings (SSSR count). The molecule has 3 atom stereocenters. The quantitative estimate of drug-likeness (QED) is 0.588. The van der Waals surface area contributed by atoms with E-state index in [0.29, 0.717) is 5.41 Å². The molecule has 0 aliphatic heterocycles. The third-order valence-electron chi connectivity index (χ3n) is 4.31. The molecule has 3 aliphatic rings. The average molecular weight is 200 g/mol. The molecule has 1 spiro atoms. The molecule has 3 aliphatic carbocycles. The lowest BCUT2D eigenvalue weighted by Crippen LogP contribution is -2.21. The van der Waals surface area contributed by atoms with E-state index in [0.717, 1.165) is 17.8 Å². The van der Waals surface area contributed by atoms with Gasteiger partial charge in [-0.2, -0.15) is 0 Å². The Labute approximate surface area is 92.8 Å². The maximum Gasteiger partial charge on any atom is 0.0135 e. The van der Waals surface area contributed by atoms with Crippen LogP contribution in [0.4, 0.5) is 0 Å². The van der Waals surface area contributed by atoms with E-state index in [1.165, 1.54) is 19.3 Å². The molecule has 0 amide bonds. The molecule has 1 fully saturated rings. The number of hydrogen-bond acceptors (Lipinski definition) is 0. The zero-order valence-corrected chi connectivity index (χ0v) is 9.74. The van der Waals surface area contributed by atoms with E-state index in [1.54, 1.807) is 5.57 Å². The molecule has 0 heterocycles. The first-order valence-electron chi connectivity index (χ1n) is 6.27. The Bertz CT molecular complexity index is 356. The topological polar surface area (TPSA) is 0 Å². The molecule has 0 nitrogen and oxygen atoms in total. The van der Waals surface area contributed by atoms with Crippen molar-refractivity contribution in [1.29, 1.82) is 0 Å². The maximum atomic E-state index is 2.60. The number of rotatable bonds is 2. The van der Waals surface area contributed by atoms with Crippen LogP contribution in [0, 0.1) is 23.2 Å². The highest BCUT2D eigenvalue weighted by Crippen LogP contribution is 2.59. The Morgan fingerprint density at radius 1 is 1.40 bits per heavy atom. The van der Waals surface area contributed by atoms with Crippen molar-refractivity contribution in [3.05, 3.63) is 36.0 Å². The minimum Gasteiger partial charge on any atom is -0.0802 e. The normalized spacial score (nSPS) is 41.1. The van der Waals surface area contributed by atoms with Gasteiger partial charge in [0, 0.05) is 5.41 Å². The Kier molecular flexibility index (Phi) is 1.95. The second-order valence-corrected chi connectivity index (χ2v) is 5.92. The summed E-state index contributed by atoms with van der Waals surface area (Å²) in [6.07, 6.45) is 16.1. The lowest BCUT2D eigenvalue weighted by Gasteiger charge is -2.30. The second kappa shape index (κ2) is 3.10. The number of fused-ring (bicyclic) bond motifs is 1. The SMILES string of the molecule is CC(C)CC1=CC23C=CC=CC2CC1C3.